The molecule has 1 amide bonds. The predicted molar refractivity (Wildman–Crippen MR) is 40.3 cm³/mol. The lowest BCUT2D eigenvalue weighted by molar-refractivity contribution is -0.165. The van der Waals surface area contributed by atoms with Crippen molar-refractivity contribution in [3.05, 3.63) is 0 Å². The van der Waals surface area contributed by atoms with E-state index in [0.717, 1.165) is 6.92 Å². The van der Waals surface area contributed by atoms with E-state index in [0.29, 0.717) is 0 Å². The Balaban J connectivity index is 4.13. The van der Waals surface area contributed by atoms with Gasteiger partial charge in [-0.15, -0.1) is 0 Å². The highest BCUT2D eigenvalue weighted by Crippen LogP contribution is 2.19. The van der Waals surface area contributed by atoms with Crippen LogP contribution in [0.5, 0.6) is 0 Å². The molecule has 0 spiro atoms. The van der Waals surface area contributed by atoms with E-state index in [1.165, 1.54) is 12.2 Å². The molecule has 0 saturated heterocycles. The molecule has 4 nitrogen and oxygen atoms in total. The maximum Gasteiger partial charge on any atom is 0.408 e. The molecule has 0 saturated carbocycles. The summed E-state index contributed by atoms with van der Waals surface area (Å²) in [5.74, 6) is -2.71. The lowest BCUT2D eigenvalue weighted by Crippen LogP contribution is -2.46. The average molecular weight is 213 g/mol. The van der Waals surface area contributed by atoms with Crippen molar-refractivity contribution in [3.63, 3.8) is 0 Å². The maximum absolute atomic E-state index is 11.9. The summed E-state index contributed by atoms with van der Waals surface area (Å²) in [4.78, 5) is 21.3. The maximum atomic E-state index is 11.9. The van der Waals surface area contributed by atoms with E-state index in [1.54, 1.807) is 0 Å². The quantitative estimate of drug-likeness (QED) is 0.540. The van der Waals surface area contributed by atoms with Crippen molar-refractivity contribution < 1.29 is 27.5 Å². The van der Waals surface area contributed by atoms with E-state index >= 15 is 0 Å². The second-order valence-electron chi connectivity index (χ2n) is 2.46. The first-order valence-corrected chi connectivity index (χ1v) is 3.83. The largest absolute Gasteiger partial charge is 0.459 e. The van der Waals surface area contributed by atoms with E-state index in [9.17, 15) is 22.8 Å². The van der Waals surface area contributed by atoms with Crippen LogP contribution in [0.25, 0.3) is 0 Å². The van der Waals surface area contributed by atoms with Crippen LogP contribution < -0.4 is 5.32 Å². The fourth-order valence-electron chi connectivity index (χ4n) is 0.534. The number of esters is 1. The van der Waals surface area contributed by atoms with Crippen LogP contribution in [-0.2, 0) is 14.3 Å². The van der Waals surface area contributed by atoms with Crippen LogP contribution in [0.3, 0.4) is 0 Å². The zero-order chi connectivity index (χ0) is 11.4. The molecular formula is C7H10F3NO3. The van der Waals surface area contributed by atoms with Crippen molar-refractivity contribution >= 4 is 11.9 Å². The van der Waals surface area contributed by atoms with Crippen LogP contribution in [-0.4, -0.2) is 30.7 Å². The fourth-order valence-corrected chi connectivity index (χ4v) is 0.534. The van der Waals surface area contributed by atoms with Crippen molar-refractivity contribution in [1.29, 1.82) is 0 Å². The topological polar surface area (TPSA) is 55.4 Å². The Bertz CT molecular complexity index is 227. The van der Waals surface area contributed by atoms with E-state index < -0.39 is 24.1 Å². The van der Waals surface area contributed by atoms with E-state index in [2.05, 4.69) is 4.74 Å². The zero-order valence-electron chi connectivity index (χ0n) is 7.64. The molecule has 0 aliphatic rings. The van der Waals surface area contributed by atoms with Gasteiger partial charge in [-0.05, 0) is 13.8 Å². The minimum Gasteiger partial charge on any atom is -0.459 e. The number of nitrogens with one attached hydrogen (secondary N) is 1. The van der Waals surface area contributed by atoms with Crippen molar-refractivity contribution in [2.45, 2.75) is 26.1 Å². The first-order valence-electron chi connectivity index (χ1n) is 3.83. The van der Waals surface area contributed by atoms with E-state index in [-0.39, 0.29) is 6.61 Å². The molecule has 0 aromatic rings. The molecule has 0 bridgehead atoms. The van der Waals surface area contributed by atoms with Gasteiger partial charge in [0, 0.05) is 0 Å². The molecule has 0 heterocycles. The minimum absolute atomic E-state index is 0.0628. The van der Waals surface area contributed by atoms with Gasteiger partial charge in [0.15, 0.2) is 0 Å². The summed E-state index contributed by atoms with van der Waals surface area (Å²) in [5.41, 5.74) is 0. The predicted octanol–water partition coefficient (Wildman–Crippen LogP) is 0.616. The standard InChI is InChI=1S/C7H10F3NO3/c1-3-14-6(13)5(12)11-4(2)7(8,9)10/h4H,3H2,1-2H3,(H,11,12). The number of rotatable bonds is 2. The molecule has 82 valence electrons. The molecule has 7 heteroatoms. The Kier molecular flexibility index (Phi) is 4.39. The highest BCUT2D eigenvalue weighted by atomic mass is 19.4. The molecule has 0 fully saturated rings. The van der Waals surface area contributed by atoms with Gasteiger partial charge in [-0.2, -0.15) is 13.2 Å². The zero-order valence-corrected chi connectivity index (χ0v) is 7.64. The minimum atomic E-state index is -4.57. The number of hydrogen-bond acceptors (Lipinski definition) is 3. The highest BCUT2D eigenvalue weighted by Gasteiger charge is 2.38. The molecule has 1 N–H and O–H groups in total. The van der Waals surface area contributed by atoms with Crippen LogP contribution in [0.4, 0.5) is 13.2 Å². The summed E-state index contributed by atoms with van der Waals surface area (Å²) in [5, 5.41) is 1.47. The van der Waals surface area contributed by atoms with Gasteiger partial charge in [0.25, 0.3) is 0 Å². The Hall–Kier alpha value is -1.27. The number of carbonyl (C=O) groups is 2. The highest BCUT2D eigenvalue weighted by molar-refractivity contribution is 6.32. The third kappa shape index (κ3) is 4.11. The molecule has 0 aliphatic heterocycles. The van der Waals surface area contributed by atoms with Crippen LogP contribution in [0.2, 0.25) is 0 Å². The fraction of sp³-hybridized carbons (Fsp3) is 0.714. The summed E-state index contributed by atoms with van der Waals surface area (Å²) in [7, 11) is 0. The Labute approximate surface area is 78.4 Å². The number of alkyl halides is 3. The van der Waals surface area contributed by atoms with Crippen molar-refractivity contribution in [2.75, 3.05) is 6.61 Å². The first kappa shape index (κ1) is 12.7. The second-order valence-corrected chi connectivity index (χ2v) is 2.46. The molecular weight excluding hydrogens is 203 g/mol. The number of carbonyl (C=O) groups excluding carboxylic acids is 2. The van der Waals surface area contributed by atoms with E-state index in [4.69, 9.17) is 0 Å². The van der Waals surface area contributed by atoms with Crippen molar-refractivity contribution in [1.82, 2.24) is 5.32 Å². The summed E-state index contributed by atoms with van der Waals surface area (Å²) >= 11 is 0. The monoisotopic (exact) mass is 213 g/mol. The van der Waals surface area contributed by atoms with Crippen LogP contribution in [0, 0.1) is 0 Å². The number of ether oxygens (including phenoxy) is 1. The molecule has 0 aromatic heterocycles. The summed E-state index contributed by atoms with van der Waals surface area (Å²) in [6, 6.07) is -2.07. The normalized spacial score (nSPS) is 13.2. The number of amides is 1. The molecule has 0 aromatic carbocycles. The smallest absolute Gasteiger partial charge is 0.408 e. The van der Waals surface area contributed by atoms with E-state index in [1.807, 2.05) is 0 Å². The van der Waals surface area contributed by atoms with Crippen LogP contribution in [0.1, 0.15) is 13.8 Å². The third-order valence-electron chi connectivity index (χ3n) is 1.30. The summed E-state index contributed by atoms with van der Waals surface area (Å²) in [6.07, 6.45) is -4.57. The van der Waals surface area contributed by atoms with Gasteiger partial charge in [0.2, 0.25) is 0 Å². The Morgan fingerprint density at radius 1 is 1.43 bits per heavy atom. The van der Waals surface area contributed by atoms with Gasteiger partial charge < -0.3 is 10.1 Å². The van der Waals surface area contributed by atoms with Gasteiger partial charge in [-0.25, -0.2) is 4.79 Å². The molecule has 0 radical (unpaired) electrons. The number of hydrogen-bond donors (Lipinski definition) is 1. The van der Waals surface area contributed by atoms with Crippen LogP contribution >= 0.6 is 0 Å². The Morgan fingerprint density at radius 3 is 2.29 bits per heavy atom. The molecule has 0 rings (SSSR count). The van der Waals surface area contributed by atoms with Crippen LogP contribution in [0.15, 0.2) is 0 Å². The molecule has 0 aliphatic carbocycles. The lowest BCUT2D eigenvalue weighted by atomic mass is 10.3. The molecule has 14 heavy (non-hydrogen) atoms. The Morgan fingerprint density at radius 2 is 1.93 bits per heavy atom. The van der Waals surface area contributed by atoms with Gasteiger partial charge >= 0.3 is 18.1 Å². The van der Waals surface area contributed by atoms with Crippen molar-refractivity contribution in [3.8, 4) is 0 Å². The lowest BCUT2D eigenvalue weighted by Gasteiger charge is -2.16. The average Bonchev–Trinajstić information content (AvgIpc) is 2.02. The molecule has 1 unspecified atom stereocenters. The number of halogens is 3. The summed E-state index contributed by atoms with van der Waals surface area (Å²) < 4.78 is 39.9. The van der Waals surface area contributed by atoms with Gasteiger partial charge in [0.05, 0.1) is 6.61 Å². The SMILES string of the molecule is CCOC(=O)C(=O)NC(C)C(F)(F)F. The van der Waals surface area contributed by atoms with Gasteiger partial charge in [0.1, 0.15) is 6.04 Å². The molecule has 1 atom stereocenters. The second kappa shape index (κ2) is 4.83. The first-order chi connectivity index (χ1) is 6.29. The van der Waals surface area contributed by atoms with Crippen molar-refractivity contribution in [2.24, 2.45) is 0 Å². The third-order valence-corrected chi connectivity index (χ3v) is 1.30. The summed E-state index contributed by atoms with van der Waals surface area (Å²) in [6.45, 7) is 2.11. The van der Waals surface area contributed by atoms with Gasteiger partial charge in [-0.1, -0.05) is 0 Å². The van der Waals surface area contributed by atoms with Gasteiger partial charge in [-0.3, -0.25) is 4.79 Å².